The van der Waals surface area contributed by atoms with E-state index in [-0.39, 0.29) is 0 Å². The van der Waals surface area contributed by atoms with Crippen LogP contribution >= 0.6 is 0 Å². The lowest BCUT2D eigenvalue weighted by atomic mass is 10.1. The molecule has 1 heterocycles. The van der Waals surface area contributed by atoms with E-state index in [1.165, 1.54) is 11.1 Å². The number of nitrogens with zero attached hydrogens (tertiary/aromatic N) is 1. The highest BCUT2D eigenvalue weighted by Gasteiger charge is 2.17. The highest BCUT2D eigenvalue weighted by molar-refractivity contribution is 5.92. The normalized spacial score (nSPS) is 10.7. The van der Waals surface area contributed by atoms with E-state index in [1.807, 2.05) is 30.5 Å². The van der Waals surface area contributed by atoms with E-state index in [1.54, 1.807) is 12.1 Å². The van der Waals surface area contributed by atoms with Gasteiger partial charge in [-0.3, -0.25) is 0 Å². The maximum Gasteiger partial charge on any atom is 0.337 e. The van der Waals surface area contributed by atoms with Crippen molar-refractivity contribution in [3.05, 3.63) is 52.3 Å². The second kappa shape index (κ2) is 4.33. The SMILES string of the molecule is Cc1c(C)c(C)n(-c2ccccc2C(=O)O)c1C. The van der Waals surface area contributed by atoms with Gasteiger partial charge in [0.25, 0.3) is 0 Å². The first-order valence-electron chi connectivity index (χ1n) is 5.93. The maximum atomic E-state index is 11.3. The molecule has 0 bridgehead atoms. The van der Waals surface area contributed by atoms with Crippen LogP contribution in [0.15, 0.2) is 24.3 Å². The van der Waals surface area contributed by atoms with E-state index in [4.69, 9.17) is 0 Å². The van der Waals surface area contributed by atoms with Gasteiger partial charge in [-0.05, 0) is 51.0 Å². The van der Waals surface area contributed by atoms with Crippen LogP contribution in [0.4, 0.5) is 0 Å². The van der Waals surface area contributed by atoms with E-state index >= 15 is 0 Å². The van der Waals surface area contributed by atoms with E-state index in [2.05, 4.69) is 13.8 Å². The molecule has 18 heavy (non-hydrogen) atoms. The first-order chi connectivity index (χ1) is 8.45. The predicted molar refractivity (Wildman–Crippen MR) is 71.7 cm³/mol. The van der Waals surface area contributed by atoms with Gasteiger partial charge in [0.05, 0.1) is 11.3 Å². The van der Waals surface area contributed by atoms with Gasteiger partial charge >= 0.3 is 5.97 Å². The van der Waals surface area contributed by atoms with Gasteiger partial charge in [-0.25, -0.2) is 4.79 Å². The Kier molecular flexibility index (Phi) is 2.99. The number of aromatic carboxylic acids is 1. The molecule has 1 aromatic carbocycles. The number of carbonyl (C=O) groups is 1. The quantitative estimate of drug-likeness (QED) is 0.878. The molecule has 0 aliphatic carbocycles. The zero-order valence-corrected chi connectivity index (χ0v) is 11.1. The summed E-state index contributed by atoms with van der Waals surface area (Å²) in [5, 5.41) is 9.27. The average molecular weight is 243 g/mol. The van der Waals surface area contributed by atoms with Gasteiger partial charge in [0, 0.05) is 11.4 Å². The summed E-state index contributed by atoms with van der Waals surface area (Å²) >= 11 is 0. The van der Waals surface area contributed by atoms with Crippen molar-refractivity contribution in [3.8, 4) is 5.69 Å². The largest absolute Gasteiger partial charge is 0.478 e. The number of benzene rings is 1. The van der Waals surface area contributed by atoms with Crippen molar-refractivity contribution in [1.82, 2.24) is 4.57 Å². The third kappa shape index (κ3) is 1.72. The number of hydrogen-bond acceptors (Lipinski definition) is 1. The molecule has 2 aromatic rings. The molecule has 0 unspecified atom stereocenters. The van der Waals surface area contributed by atoms with Crippen molar-refractivity contribution in [2.45, 2.75) is 27.7 Å². The van der Waals surface area contributed by atoms with Crippen LogP contribution in [0.5, 0.6) is 0 Å². The molecule has 3 heteroatoms. The monoisotopic (exact) mass is 243 g/mol. The fourth-order valence-electron chi connectivity index (χ4n) is 2.34. The molecule has 0 saturated carbocycles. The Morgan fingerprint density at radius 3 is 2.00 bits per heavy atom. The van der Waals surface area contributed by atoms with E-state index < -0.39 is 5.97 Å². The van der Waals surface area contributed by atoms with Crippen LogP contribution in [0, 0.1) is 27.7 Å². The van der Waals surface area contributed by atoms with Crippen molar-refractivity contribution in [3.63, 3.8) is 0 Å². The molecular weight excluding hydrogens is 226 g/mol. The summed E-state index contributed by atoms with van der Waals surface area (Å²) in [7, 11) is 0. The maximum absolute atomic E-state index is 11.3. The number of aromatic nitrogens is 1. The Morgan fingerprint density at radius 2 is 1.50 bits per heavy atom. The van der Waals surface area contributed by atoms with Gasteiger partial charge < -0.3 is 9.67 Å². The van der Waals surface area contributed by atoms with Gasteiger partial charge in [0.2, 0.25) is 0 Å². The molecule has 3 nitrogen and oxygen atoms in total. The summed E-state index contributed by atoms with van der Waals surface area (Å²) in [4.78, 5) is 11.3. The van der Waals surface area contributed by atoms with Gasteiger partial charge in [-0.15, -0.1) is 0 Å². The average Bonchev–Trinajstić information content (AvgIpc) is 2.54. The Labute approximate surface area is 107 Å². The van der Waals surface area contributed by atoms with Crippen molar-refractivity contribution < 1.29 is 9.90 Å². The minimum Gasteiger partial charge on any atom is -0.478 e. The Hall–Kier alpha value is -2.03. The van der Waals surface area contributed by atoms with E-state index in [9.17, 15) is 9.90 Å². The van der Waals surface area contributed by atoms with Crippen LogP contribution < -0.4 is 0 Å². The van der Waals surface area contributed by atoms with Crippen LogP contribution in [0.2, 0.25) is 0 Å². The summed E-state index contributed by atoms with van der Waals surface area (Å²) in [5.41, 5.74) is 5.69. The Bertz CT molecular complexity index is 598. The molecular formula is C15H17NO2. The third-order valence-electron chi connectivity index (χ3n) is 3.69. The van der Waals surface area contributed by atoms with Crippen LogP contribution in [0.3, 0.4) is 0 Å². The molecule has 94 valence electrons. The topological polar surface area (TPSA) is 42.2 Å². The molecule has 0 saturated heterocycles. The van der Waals surface area contributed by atoms with Gasteiger partial charge in [-0.1, -0.05) is 12.1 Å². The number of para-hydroxylation sites is 1. The number of hydrogen-bond donors (Lipinski definition) is 1. The lowest BCUT2D eigenvalue weighted by Crippen LogP contribution is -2.07. The van der Waals surface area contributed by atoms with Crippen molar-refractivity contribution >= 4 is 5.97 Å². The summed E-state index contributed by atoms with van der Waals surface area (Å²) in [6, 6.07) is 7.11. The summed E-state index contributed by atoms with van der Waals surface area (Å²) < 4.78 is 2.02. The van der Waals surface area contributed by atoms with E-state index in [0.717, 1.165) is 17.1 Å². The second-order valence-corrected chi connectivity index (χ2v) is 4.58. The molecule has 0 spiro atoms. The van der Waals surface area contributed by atoms with Crippen LogP contribution in [-0.4, -0.2) is 15.6 Å². The molecule has 1 N–H and O–H groups in total. The fourth-order valence-corrected chi connectivity index (χ4v) is 2.34. The zero-order valence-electron chi connectivity index (χ0n) is 11.1. The highest BCUT2D eigenvalue weighted by Crippen LogP contribution is 2.26. The number of carboxylic acid groups (broad SMARTS) is 1. The summed E-state index contributed by atoms with van der Waals surface area (Å²) in [5.74, 6) is -0.895. The summed E-state index contributed by atoms with van der Waals surface area (Å²) in [6.07, 6.45) is 0. The molecule has 2 rings (SSSR count). The van der Waals surface area contributed by atoms with Crippen LogP contribution in [-0.2, 0) is 0 Å². The molecule has 0 atom stereocenters. The molecule has 0 aliphatic heterocycles. The summed E-state index contributed by atoms with van der Waals surface area (Å²) in [6.45, 7) is 8.18. The van der Waals surface area contributed by atoms with Crippen molar-refractivity contribution in [1.29, 1.82) is 0 Å². The lowest BCUT2D eigenvalue weighted by molar-refractivity contribution is 0.0697. The zero-order chi connectivity index (χ0) is 13.4. The third-order valence-corrected chi connectivity index (χ3v) is 3.69. The number of rotatable bonds is 2. The Balaban J connectivity index is 2.78. The highest BCUT2D eigenvalue weighted by atomic mass is 16.4. The minimum atomic E-state index is -0.895. The number of carboxylic acids is 1. The first-order valence-corrected chi connectivity index (χ1v) is 5.93. The smallest absolute Gasteiger partial charge is 0.337 e. The fraction of sp³-hybridized carbons (Fsp3) is 0.267. The molecule has 0 fully saturated rings. The standard InChI is InChI=1S/C15H17NO2/c1-9-10(2)12(4)16(11(9)3)14-8-6-5-7-13(14)15(17)18/h5-8H,1-4H3,(H,17,18). The Morgan fingerprint density at radius 1 is 1.00 bits per heavy atom. The second-order valence-electron chi connectivity index (χ2n) is 4.58. The molecule has 0 amide bonds. The van der Waals surface area contributed by atoms with Crippen LogP contribution in [0.1, 0.15) is 32.9 Å². The minimum absolute atomic E-state index is 0.332. The van der Waals surface area contributed by atoms with E-state index in [0.29, 0.717) is 5.56 Å². The van der Waals surface area contributed by atoms with Gasteiger partial charge in [-0.2, -0.15) is 0 Å². The van der Waals surface area contributed by atoms with Crippen molar-refractivity contribution in [2.75, 3.05) is 0 Å². The predicted octanol–water partition coefficient (Wildman–Crippen LogP) is 3.41. The molecule has 0 radical (unpaired) electrons. The van der Waals surface area contributed by atoms with Crippen molar-refractivity contribution in [2.24, 2.45) is 0 Å². The lowest BCUT2D eigenvalue weighted by Gasteiger charge is -2.12. The van der Waals surface area contributed by atoms with Gasteiger partial charge in [0.1, 0.15) is 0 Å². The van der Waals surface area contributed by atoms with Gasteiger partial charge in [0.15, 0.2) is 0 Å². The first kappa shape index (κ1) is 12.4. The van der Waals surface area contributed by atoms with Crippen LogP contribution in [0.25, 0.3) is 5.69 Å². The molecule has 0 aliphatic rings. The molecule has 1 aromatic heterocycles.